The van der Waals surface area contributed by atoms with Crippen molar-refractivity contribution < 1.29 is 0 Å². The zero-order valence-electron chi connectivity index (χ0n) is 10.3. The second-order valence-electron chi connectivity index (χ2n) is 4.57. The van der Waals surface area contributed by atoms with Gasteiger partial charge >= 0.3 is 0 Å². The molecule has 3 rings (SSSR count). The second kappa shape index (κ2) is 5.90. The molecule has 1 fully saturated rings. The predicted molar refractivity (Wildman–Crippen MR) is 79.4 cm³/mol. The summed E-state index contributed by atoms with van der Waals surface area (Å²) in [5.74, 6) is 0. The Kier molecular flexibility index (Phi) is 4.45. The summed E-state index contributed by atoms with van der Waals surface area (Å²) in [6.07, 6.45) is 1.84. The van der Waals surface area contributed by atoms with Gasteiger partial charge in [-0.1, -0.05) is 29.8 Å². The molecule has 0 amide bonds. The number of hydrogen-bond acceptors (Lipinski definition) is 3. The SMILES string of the molecule is Cl.O=c1c2ccccc2c(Cl)nn1C1CCNCC1. The van der Waals surface area contributed by atoms with E-state index in [4.69, 9.17) is 11.6 Å². The lowest BCUT2D eigenvalue weighted by Gasteiger charge is -2.24. The standard InChI is InChI=1S/C13H14ClN3O.ClH/c14-12-10-3-1-2-4-11(10)13(18)17(16-12)9-5-7-15-8-6-9;/h1-4,9,15H,5-8H2;1H. The zero-order valence-corrected chi connectivity index (χ0v) is 11.9. The molecule has 1 aromatic heterocycles. The summed E-state index contributed by atoms with van der Waals surface area (Å²) in [4.78, 5) is 12.4. The quantitative estimate of drug-likeness (QED) is 0.879. The molecule has 0 radical (unpaired) electrons. The highest BCUT2D eigenvalue weighted by molar-refractivity contribution is 6.34. The van der Waals surface area contributed by atoms with Crippen molar-refractivity contribution in [2.75, 3.05) is 13.1 Å². The van der Waals surface area contributed by atoms with Crippen LogP contribution in [-0.4, -0.2) is 22.9 Å². The zero-order chi connectivity index (χ0) is 12.5. The van der Waals surface area contributed by atoms with E-state index in [2.05, 4.69) is 10.4 Å². The van der Waals surface area contributed by atoms with E-state index in [0.29, 0.717) is 10.5 Å². The summed E-state index contributed by atoms with van der Waals surface area (Å²) in [5.41, 5.74) is -0.0399. The Balaban J connectivity index is 0.00000133. The number of benzene rings is 1. The van der Waals surface area contributed by atoms with Crippen molar-refractivity contribution in [1.82, 2.24) is 15.1 Å². The topological polar surface area (TPSA) is 46.9 Å². The van der Waals surface area contributed by atoms with Gasteiger partial charge in [-0.3, -0.25) is 4.79 Å². The summed E-state index contributed by atoms with van der Waals surface area (Å²) in [5, 5.41) is 9.33. The lowest BCUT2D eigenvalue weighted by Crippen LogP contribution is -2.35. The van der Waals surface area contributed by atoms with E-state index in [1.165, 1.54) is 0 Å². The highest BCUT2D eigenvalue weighted by Crippen LogP contribution is 2.21. The van der Waals surface area contributed by atoms with Gasteiger partial charge in [0.15, 0.2) is 5.15 Å². The van der Waals surface area contributed by atoms with E-state index in [1.54, 1.807) is 4.68 Å². The van der Waals surface area contributed by atoms with Crippen LogP contribution in [0.2, 0.25) is 5.15 Å². The molecular formula is C13H15Cl2N3O. The second-order valence-corrected chi connectivity index (χ2v) is 4.93. The first-order chi connectivity index (χ1) is 8.77. The number of hydrogen-bond donors (Lipinski definition) is 1. The molecule has 2 aromatic rings. The van der Waals surface area contributed by atoms with Crippen LogP contribution in [0, 0.1) is 0 Å². The minimum absolute atomic E-state index is 0. The molecule has 1 aliphatic rings. The smallest absolute Gasteiger partial charge is 0.274 e. The average Bonchev–Trinajstić information content (AvgIpc) is 2.44. The summed E-state index contributed by atoms with van der Waals surface area (Å²) < 4.78 is 1.56. The van der Waals surface area contributed by atoms with Gasteiger partial charge in [-0.25, -0.2) is 4.68 Å². The summed E-state index contributed by atoms with van der Waals surface area (Å²) in [6.45, 7) is 1.84. The van der Waals surface area contributed by atoms with E-state index in [9.17, 15) is 4.79 Å². The molecule has 0 saturated carbocycles. The molecule has 102 valence electrons. The molecular weight excluding hydrogens is 285 g/mol. The number of fused-ring (bicyclic) bond motifs is 1. The molecule has 0 aliphatic carbocycles. The number of aromatic nitrogens is 2. The maximum atomic E-state index is 12.4. The fourth-order valence-corrected chi connectivity index (χ4v) is 2.71. The lowest BCUT2D eigenvalue weighted by molar-refractivity contribution is 0.333. The summed E-state index contributed by atoms with van der Waals surface area (Å²) >= 11 is 6.17. The molecule has 0 bridgehead atoms. The highest BCUT2D eigenvalue weighted by atomic mass is 35.5. The van der Waals surface area contributed by atoms with E-state index in [1.807, 2.05) is 24.3 Å². The van der Waals surface area contributed by atoms with E-state index in [0.717, 1.165) is 31.3 Å². The highest BCUT2D eigenvalue weighted by Gasteiger charge is 2.19. The van der Waals surface area contributed by atoms with Crippen LogP contribution in [0.1, 0.15) is 18.9 Å². The number of nitrogens with one attached hydrogen (secondary N) is 1. The number of piperidine rings is 1. The third kappa shape index (κ3) is 2.61. The minimum atomic E-state index is -0.0399. The van der Waals surface area contributed by atoms with Crippen molar-refractivity contribution in [3.05, 3.63) is 39.8 Å². The van der Waals surface area contributed by atoms with Crippen molar-refractivity contribution in [1.29, 1.82) is 0 Å². The first-order valence-electron chi connectivity index (χ1n) is 6.15. The monoisotopic (exact) mass is 299 g/mol. The Morgan fingerprint density at radius 3 is 2.53 bits per heavy atom. The van der Waals surface area contributed by atoms with E-state index in [-0.39, 0.29) is 24.0 Å². The molecule has 1 saturated heterocycles. The van der Waals surface area contributed by atoms with Gasteiger partial charge in [-0.05, 0) is 32.0 Å². The largest absolute Gasteiger partial charge is 0.317 e. The van der Waals surface area contributed by atoms with Crippen LogP contribution in [0.15, 0.2) is 29.1 Å². The molecule has 0 spiro atoms. The molecule has 4 nitrogen and oxygen atoms in total. The van der Waals surface area contributed by atoms with Gasteiger partial charge in [0.25, 0.3) is 5.56 Å². The Bertz CT molecular complexity index is 635. The molecule has 2 heterocycles. The van der Waals surface area contributed by atoms with Gasteiger partial charge in [-0.15, -0.1) is 12.4 Å². The predicted octanol–water partition coefficient (Wildman–Crippen LogP) is 2.40. The minimum Gasteiger partial charge on any atom is -0.317 e. The molecule has 1 N–H and O–H groups in total. The maximum absolute atomic E-state index is 12.4. The Morgan fingerprint density at radius 1 is 1.21 bits per heavy atom. The van der Waals surface area contributed by atoms with Crippen molar-refractivity contribution in [2.45, 2.75) is 18.9 Å². The molecule has 0 atom stereocenters. The van der Waals surface area contributed by atoms with Gasteiger partial charge in [0.2, 0.25) is 0 Å². The first-order valence-corrected chi connectivity index (χ1v) is 6.53. The molecule has 1 aliphatic heterocycles. The Labute approximate surface area is 122 Å². The van der Waals surface area contributed by atoms with Crippen molar-refractivity contribution in [3.8, 4) is 0 Å². The van der Waals surface area contributed by atoms with Crippen LogP contribution in [0.4, 0.5) is 0 Å². The van der Waals surface area contributed by atoms with Crippen LogP contribution in [-0.2, 0) is 0 Å². The van der Waals surface area contributed by atoms with Gasteiger partial charge in [0, 0.05) is 5.39 Å². The van der Waals surface area contributed by atoms with Gasteiger partial charge < -0.3 is 5.32 Å². The van der Waals surface area contributed by atoms with Crippen LogP contribution < -0.4 is 10.9 Å². The Morgan fingerprint density at radius 2 is 1.84 bits per heavy atom. The summed E-state index contributed by atoms with van der Waals surface area (Å²) in [6, 6.07) is 7.51. The van der Waals surface area contributed by atoms with Crippen LogP contribution >= 0.6 is 24.0 Å². The van der Waals surface area contributed by atoms with E-state index >= 15 is 0 Å². The summed E-state index contributed by atoms with van der Waals surface area (Å²) in [7, 11) is 0. The number of rotatable bonds is 1. The third-order valence-electron chi connectivity index (χ3n) is 3.44. The fourth-order valence-electron chi connectivity index (χ4n) is 2.47. The van der Waals surface area contributed by atoms with Crippen LogP contribution in [0.5, 0.6) is 0 Å². The van der Waals surface area contributed by atoms with Gasteiger partial charge in [0.1, 0.15) is 0 Å². The van der Waals surface area contributed by atoms with Crippen molar-refractivity contribution in [3.63, 3.8) is 0 Å². The molecule has 19 heavy (non-hydrogen) atoms. The van der Waals surface area contributed by atoms with Crippen molar-refractivity contribution >= 4 is 34.8 Å². The maximum Gasteiger partial charge on any atom is 0.274 e. The third-order valence-corrected chi connectivity index (χ3v) is 3.72. The average molecular weight is 300 g/mol. The Hall–Kier alpha value is -1.10. The number of halogens is 2. The molecule has 6 heteroatoms. The van der Waals surface area contributed by atoms with Crippen LogP contribution in [0.3, 0.4) is 0 Å². The lowest BCUT2D eigenvalue weighted by atomic mass is 10.1. The van der Waals surface area contributed by atoms with Crippen molar-refractivity contribution in [2.24, 2.45) is 0 Å². The van der Waals surface area contributed by atoms with Gasteiger partial charge in [0.05, 0.1) is 11.4 Å². The molecule has 1 aromatic carbocycles. The molecule has 0 unspecified atom stereocenters. The normalized spacial score (nSPS) is 16.3. The first kappa shape index (κ1) is 14.3. The van der Waals surface area contributed by atoms with E-state index < -0.39 is 0 Å². The fraction of sp³-hybridized carbons (Fsp3) is 0.385. The van der Waals surface area contributed by atoms with Gasteiger partial charge in [-0.2, -0.15) is 5.10 Å². The van der Waals surface area contributed by atoms with Crippen LogP contribution in [0.25, 0.3) is 10.8 Å². The number of nitrogens with zero attached hydrogens (tertiary/aromatic N) is 2.